The predicted molar refractivity (Wildman–Crippen MR) is 112 cm³/mol. The van der Waals surface area contributed by atoms with Crippen LogP contribution in [-0.4, -0.2) is 39.3 Å². The van der Waals surface area contributed by atoms with E-state index in [0.29, 0.717) is 37.5 Å². The van der Waals surface area contributed by atoms with Gasteiger partial charge >= 0.3 is 6.03 Å². The highest BCUT2D eigenvalue weighted by molar-refractivity contribution is 6.30. The van der Waals surface area contributed by atoms with Gasteiger partial charge in [-0.05, 0) is 37.1 Å². The van der Waals surface area contributed by atoms with Crippen LogP contribution in [0.5, 0.6) is 0 Å². The zero-order chi connectivity index (χ0) is 20.2. The van der Waals surface area contributed by atoms with Gasteiger partial charge in [0, 0.05) is 37.1 Å². The number of pyridine rings is 1. The molecule has 7 nitrogen and oxygen atoms in total. The molecule has 0 unspecified atom stereocenters. The number of fused-ring (bicyclic) bond motifs is 1. The van der Waals surface area contributed by atoms with Crippen molar-refractivity contribution in [2.24, 2.45) is 5.92 Å². The number of piperidine rings is 1. The van der Waals surface area contributed by atoms with Gasteiger partial charge in [0.15, 0.2) is 0 Å². The molecule has 2 aromatic heterocycles. The summed E-state index contributed by atoms with van der Waals surface area (Å²) < 4.78 is 1.84. The molecule has 4 rings (SSSR count). The lowest BCUT2D eigenvalue weighted by Gasteiger charge is -2.31. The lowest BCUT2D eigenvalue weighted by Crippen LogP contribution is -2.44. The molecule has 3 amide bonds. The number of likely N-dealkylation sites (tertiary alicyclic amines) is 1. The molecule has 1 aromatic carbocycles. The number of rotatable bonds is 4. The Kier molecular flexibility index (Phi) is 5.67. The molecule has 0 radical (unpaired) electrons. The van der Waals surface area contributed by atoms with Gasteiger partial charge in [-0.15, -0.1) is 0 Å². The van der Waals surface area contributed by atoms with Crippen LogP contribution < -0.4 is 10.6 Å². The van der Waals surface area contributed by atoms with Crippen molar-refractivity contribution in [3.63, 3.8) is 0 Å². The molecule has 3 heterocycles. The number of urea groups is 1. The number of hydrogen-bond acceptors (Lipinski definition) is 3. The van der Waals surface area contributed by atoms with E-state index >= 15 is 0 Å². The van der Waals surface area contributed by atoms with Crippen molar-refractivity contribution in [3.8, 4) is 0 Å². The lowest BCUT2D eigenvalue weighted by atomic mass is 9.96. The van der Waals surface area contributed by atoms with Gasteiger partial charge in [-0.25, -0.2) is 9.78 Å². The van der Waals surface area contributed by atoms with Crippen LogP contribution in [0.3, 0.4) is 0 Å². The molecule has 1 aliphatic rings. The molecule has 0 spiro atoms. The molecule has 0 bridgehead atoms. The van der Waals surface area contributed by atoms with Crippen LogP contribution in [0.25, 0.3) is 5.65 Å². The van der Waals surface area contributed by atoms with Gasteiger partial charge in [0.05, 0.1) is 17.3 Å². The summed E-state index contributed by atoms with van der Waals surface area (Å²) in [6.45, 7) is 1.49. The van der Waals surface area contributed by atoms with E-state index in [-0.39, 0.29) is 17.9 Å². The van der Waals surface area contributed by atoms with Crippen LogP contribution in [0.1, 0.15) is 18.5 Å². The molecule has 29 heavy (non-hydrogen) atoms. The molecule has 0 saturated carbocycles. The third-order valence-electron chi connectivity index (χ3n) is 5.09. The summed E-state index contributed by atoms with van der Waals surface area (Å²) in [6.07, 6.45) is 4.94. The fourth-order valence-electron chi connectivity index (χ4n) is 3.49. The predicted octanol–water partition coefficient (Wildman–Crippen LogP) is 3.55. The van der Waals surface area contributed by atoms with Gasteiger partial charge in [0.2, 0.25) is 5.91 Å². The number of anilines is 1. The van der Waals surface area contributed by atoms with Crippen molar-refractivity contribution in [3.05, 3.63) is 65.6 Å². The van der Waals surface area contributed by atoms with E-state index < -0.39 is 0 Å². The Balaban J connectivity index is 1.25. The van der Waals surface area contributed by atoms with E-state index in [0.717, 1.165) is 17.0 Å². The molecule has 0 aliphatic carbocycles. The second kappa shape index (κ2) is 8.53. The third-order valence-corrected chi connectivity index (χ3v) is 5.31. The maximum absolute atomic E-state index is 12.5. The topological polar surface area (TPSA) is 78.7 Å². The minimum absolute atomic E-state index is 0.00297. The largest absolute Gasteiger partial charge is 0.350 e. The van der Waals surface area contributed by atoms with Gasteiger partial charge < -0.3 is 19.9 Å². The van der Waals surface area contributed by atoms with E-state index in [2.05, 4.69) is 15.6 Å². The molecule has 0 atom stereocenters. The summed E-state index contributed by atoms with van der Waals surface area (Å²) in [7, 11) is 0. The van der Waals surface area contributed by atoms with E-state index in [1.54, 1.807) is 17.2 Å². The first kappa shape index (κ1) is 19.3. The number of carbonyl (C=O) groups excluding carboxylic acids is 2. The minimum atomic E-state index is -0.126. The number of carbonyl (C=O) groups is 2. The second-order valence-corrected chi connectivity index (χ2v) is 7.56. The van der Waals surface area contributed by atoms with Crippen LogP contribution >= 0.6 is 11.6 Å². The number of aromatic nitrogens is 2. The van der Waals surface area contributed by atoms with Crippen molar-refractivity contribution < 1.29 is 9.59 Å². The Hall–Kier alpha value is -3.06. The van der Waals surface area contributed by atoms with Crippen LogP contribution in [0.4, 0.5) is 10.5 Å². The molecule has 2 N–H and O–H groups in total. The highest BCUT2D eigenvalue weighted by Crippen LogP contribution is 2.19. The van der Waals surface area contributed by atoms with Gasteiger partial charge in [0.1, 0.15) is 5.65 Å². The average molecular weight is 412 g/mol. The van der Waals surface area contributed by atoms with Gasteiger partial charge in [-0.3, -0.25) is 4.79 Å². The molecule has 3 aromatic rings. The number of hydrogen-bond donors (Lipinski definition) is 2. The summed E-state index contributed by atoms with van der Waals surface area (Å²) >= 11 is 5.99. The summed E-state index contributed by atoms with van der Waals surface area (Å²) in [5, 5.41) is 6.48. The first-order chi connectivity index (χ1) is 14.1. The van der Waals surface area contributed by atoms with Crippen molar-refractivity contribution in [1.82, 2.24) is 19.6 Å². The fraction of sp³-hybridized carbons (Fsp3) is 0.286. The molecule has 1 saturated heterocycles. The van der Waals surface area contributed by atoms with E-state index in [9.17, 15) is 9.59 Å². The highest BCUT2D eigenvalue weighted by Gasteiger charge is 2.27. The van der Waals surface area contributed by atoms with Crippen LogP contribution in [0.2, 0.25) is 5.02 Å². The zero-order valence-corrected chi connectivity index (χ0v) is 16.6. The summed E-state index contributed by atoms with van der Waals surface area (Å²) in [5.41, 5.74) is 2.34. The van der Waals surface area contributed by atoms with Gasteiger partial charge in [-0.1, -0.05) is 29.8 Å². The van der Waals surface area contributed by atoms with Crippen LogP contribution in [0, 0.1) is 5.92 Å². The standard InChI is InChI=1S/C21H22ClN5O2/c22-16-6-7-19-24-18(14-27(19)13-16)12-23-20(28)15-8-10-26(11-9-15)21(29)25-17-4-2-1-3-5-17/h1-7,13-15H,8-12H2,(H,23,28)(H,25,29). The number of amides is 3. The molecule has 1 aliphatic heterocycles. The normalized spacial score (nSPS) is 14.7. The number of halogens is 1. The number of imidazole rings is 1. The maximum atomic E-state index is 12.5. The maximum Gasteiger partial charge on any atom is 0.321 e. The Morgan fingerprint density at radius 2 is 1.83 bits per heavy atom. The summed E-state index contributed by atoms with van der Waals surface area (Å²) in [4.78, 5) is 31.1. The Bertz CT molecular complexity index is 1010. The van der Waals surface area contributed by atoms with Crippen molar-refractivity contribution in [2.75, 3.05) is 18.4 Å². The SMILES string of the molecule is O=C(NCc1cn2cc(Cl)ccc2n1)C1CCN(C(=O)Nc2ccccc2)CC1. The molecular weight excluding hydrogens is 390 g/mol. The van der Waals surface area contributed by atoms with Crippen molar-refractivity contribution >= 4 is 34.9 Å². The first-order valence-electron chi connectivity index (χ1n) is 9.60. The molecule has 150 valence electrons. The third kappa shape index (κ3) is 4.68. The number of benzene rings is 1. The Morgan fingerprint density at radius 3 is 2.59 bits per heavy atom. The summed E-state index contributed by atoms with van der Waals surface area (Å²) in [6, 6.07) is 12.9. The van der Waals surface area contributed by atoms with Crippen LogP contribution in [-0.2, 0) is 11.3 Å². The first-order valence-corrected chi connectivity index (χ1v) is 9.98. The van der Waals surface area contributed by atoms with E-state index in [1.807, 2.05) is 47.0 Å². The van der Waals surface area contributed by atoms with E-state index in [1.165, 1.54) is 0 Å². The monoisotopic (exact) mass is 411 g/mol. The molecule has 8 heteroatoms. The number of nitrogens with one attached hydrogen (secondary N) is 2. The highest BCUT2D eigenvalue weighted by atomic mass is 35.5. The van der Waals surface area contributed by atoms with Crippen molar-refractivity contribution in [1.29, 1.82) is 0 Å². The average Bonchev–Trinajstić information content (AvgIpc) is 3.15. The smallest absolute Gasteiger partial charge is 0.321 e. The second-order valence-electron chi connectivity index (χ2n) is 7.12. The summed E-state index contributed by atoms with van der Waals surface area (Å²) in [5.74, 6) is -0.0922. The van der Waals surface area contributed by atoms with Crippen LogP contribution in [0.15, 0.2) is 54.9 Å². The zero-order valence-electron chi connectivity index (χ0n) is 15.8. The quantitative estimate of drug-likeness (QED) is 0.689. The minimum Gasteiger partial charge on any atom is -0.350 e. The fourth-order valence-corrected chi connectivity index (χ4v) is 3.66. The van der Waals surface area contributed by atoms with Gasteiger partial charge in [0.25, 0.3) is 0 Å². The number of para-hydroxylation sites is 1. The Labute approximate surface area is 173 Å². The Morgan fingerprint density at radius 1 is 1.07 bits per heavy atom. The van der Waals surface area contributed by atoms with Crippen molar-refractivity contribution in [2.45, 2.75) is 19.4 Å². The number of nitrogens with zero attached hydrogens (tertiary/aromatic N) is 3. The van der Waals surface area contributed by atoms with Gasteiger partial charge in [-0.2, -0.15) is 0 Å². The lowest BCUT2D eigenvalue weighted by molar-refractivity contribution is -0.126. The molecule has 1 fully saturated rings. The van der Waals surface area contributed by atoms with E-state index in [4.69, 9.17) is 11.6 Å². The molecular formula is C21H22ClN5O2.